The second kappa shape index (κ2) is 9.69. The second-order valence-corrected chi connectivity index (χ2v) is 10.2. The van der Waals surface area contributed by atoms with Gasteiger partial charge in [0.1, 0.15) is 0 Å². The molecule has 1 aromatic heterocycles. The van der Waals surface area contributed by atoms with Crippen molar-refractivity contribution in [3.05, 3.63) is 65.9 Å². The van der Waals surface area contributed by atoms with Gasteiger partial charge in [-0.15, -0.1) is 0 Å². The van der Waals surface area contributed by atoms with E-state index in [9.17, 15) is 4.79 Å². The van der Waals surface area contributed by atoms with Gasteiger partial charge in [-0.25, -0.2) is 4.31 Å². The molecule has 3 aromatic rings. The highest BCUT2D eigenvalue weighted by molar-refractivity contribution is 7.97. The van der Waals surface area contributed by atoms with Gasteiger partial charge in [0.25, 0.3) is 0 Å². The summed E-state index contributed by atoms with van der Waals surface area (Å²) in [4.78, 5) is 22.6. The van der Waals surface area contributed by atoms with E-state index < -0.39 is 0 Å². The lowest BCUT2D eigenvalue weighted by molar-refractivity contribution is -0.134. The number of aromatic nitrogens is 1. The van der Waals surface area contributed by atoms with E-state index in [0.29, 0.717) is 12.5 Å². The lowest BCUT2D eigenvalue weighted by Gasteiger charge is -2.38. The van der Waals surface area contributed by atoms with E-state index in [0.717, 1.165) is 60.9 Å². The van der Waals surface area contributed by atoms with Gasteiger partial charge in [0.15, 0.2) is 0 Å². The number of pyridine rings is 1. The molecule has 7 heteroatoms. The molecule has 2 aliphatic heterocycles. The van der Waals surface area contributed by atoms with Gasteiger partial charge >= 0.3 is 0 Å². The molecule has 2 aliphatic rings. The van der Waals surface area contributed by atoms with Crippen LogP contribution in [-0.2, 0) is 4.79 Å². The number of benzene rings is 2. The fourth-order valence-corrected chi connectivity index (χ4v) is 5.73. The number of carbonyl (C=O) groups is 1. The first-order valence-corrected chi connectivity index (χ1v) is 12.3. The van der Waals surface area contributed by atoms with Gasteiger partial charge in [0.2, 0.25) is 5.91 Å². The largest absolute Gasteiger partial charge is 0.371 e. The zero-order valence-corrected chi connectivity index (χ0v) is 19.6. The zero-order chi connectivity index (χ0) is 21.9. The van der Waals surface area contributed by atoms with Crippen LogP contribution in [0.15, 0.2) is 65.8 Å². The van der Waals surface area contributed by atoms with Crippen molar-refractivity contribution in [3.8, 4) is 0 Å². The topological polar surface area (TPSA) is 39.7 Å². The van der Waals surface area contributed by atoms with E-state index in [2.05, 4.69) is 49.4 Å². The molecule has 3 heterocycles. The van der Waals surface area contributed by atoms with E-state index in [-0.39, 0.29) is 5.91 Å². The third-order valence-corrected chi connectivity index (χ3v) is 7.68. The number of rotatable bonds is 5. The summed E-state index contributed by atoms with van der Waals surface area (Å²) >= 11 is 7.76. The Balaban J connectivity index is 1.12. The molecular formula is C25H27ClN4OS. The summed E-state index contributed by atoms with van der Waals surface area (Å²) in [5.41, 5.74) is 1.25. The highest BCUT2D eigenvalue weighted by Crippen LogP contribution is 2.29. The molecule has 0 atom stereocenters. The van der Waals surface area contributed by atoms with Crippen molar-refractivity contribution in [2.24, 2.45) is 5.92 Å². The molecule has 0 bridgehead atoms. The monoisotopic (exact) mass is 466 g/mol. The molecule has 0 aliphatic carbocycles. The van der Waals surface area contributed by atoms with Gasteiger partial charge in [-0.2, -0.15) is 0 Å². The minimum atomic E-state index is 0.243. The first-order valence-electron chi connectivity index (χ1n) is 11.2. The van der Waals surface area contributed by atoms with E-state index in [1.165, 1.54) is 11.1 Å². The summed E-state index contributed by atoms with van der Waals surface area (Å²) < 4.78 is 2.18. The third kappa shape index (κ3) is 5.03. The molecule has 5 nitrogen and oxygen atoms in total. The van der Waals surface area contributed by atoms with Crippen LogP contribution in [0.3, 0.4) is 0 Å². The van der Waals surface area contributed by atoms with Gasteiger partial charge in [-0.1, -0.05) is 23.7 Å². The summed E-state index contributed by atoms with van der Waals surface area (Å²) in [5, 5.41) is 3.06. The van der Waals surface area contributed by atoms with Crippen molar-refractivity contribution in [2.75, 3.05) is 44.2 Å². The molecule has 32 heavy (non-hydrogen) atoms. The summed E-state index contributed by atoms with van der Waals surface area (Å²) in [6.45, 7) is 5.15. The normalized spacial score (nSPS) is 18.5. The van der Waals surface area contributed by atoms with Crippen molar-refractivity contribution >= 4 is 45.9 Å². The molecule has 0 N–H and O–H groups in total. The Hall–Kier alpha value is -2.28. The van der Waals surface area contributed by atoms with Crippen molar-refractivity contribution in [1.82, 2.24) is 14.2 Å². The zero-order valence-electron chi connectivity index (χ0n) is 18.0. The Labute approximate surface area is 198 Å². The number of hydrogen-bond acceptors (Lipinski definition) is 5. The number of carbonyl (C=O) groups excluding carboxylic acids is 1. The SMILES string of the molecule is O=C1CN(Sc2ccc3cc(Cl)ccc3c2)CCN1CC1CCN(c2ccncc2)CC1. The van der Waals surface area contributed by atoms with Gasteiger partial charge in [0, 0.05) is 60.7 Å². The first-order chi connectivity index (χ1) is 15.6. The molecule has 2 saturated heterocycles. The van der Waals surface area contributed by atoms with Crippen LogP contribution in [0, 0.1) is 5.92 Å². The smallest absolute Gasteiger partial charge is 0.237 e. The predicted octanol–water partition coefficient (Wildman–Crippen LogP) is 4.96. The van der Waals surface area contributed by atoms with Crippen LogP contribution in [0.1, 0.15) is 12.8 Å². The van der Waals surface area contributed by atoms with Crippen LogP contribution in [0.25, 0.3) is 10.8 Å². The molecule has 5 rings (SSSR count). The van der Waals surface area contributed by atoms with Crippen LogP contribution < -0.4 is 4.90 Å². The summed E-state index contributed by atoms with van der Waals surface area (Å²) in [5.74, 6) is 0.830. The van der Waals surface area contributed by atoms with Crippen LogP contribution >= 0.6 is 23.5 Å². The number of nitrogens with zero attached hydrogens (tertiary/aromatic N) is 4. The van der Waals surface area contributed by atoms with Gasteiger partial charge in [-0.05, 0) is 77.9 Å². The number of piperidine rings is 1. The van der Waals surface area contributed by atoms with E-state index in [1.54, 1.807) is 11.9 Å². The molecule has 0 saturated carbocycles. The Morgan fingerprint density at radius 1 is 0.938 bits per heavy atom. The number of hydrogen-bond donors (Lipinski definition) is 0. The van der Waals surface area contributed by atoms with Crippen molar-refractivity contribution in [1.29, 1.82) is 0 Å². The minimum Gasteiger partial charge on any atom is -0.371 e. The molecule has 0 unspecified atom stereocenters. The average molecular weight is 467 g/mol. The number of halogens is 1. The molecule has 0 radical (unpaired) electrons. The minimum absolute atomic E-state index is 0.243. The van der Waals surface area contributed by atoms with Crippen LogP contribution in [0.5, 0.6) is 0 Å². The maximum absolute atomic E-state index is 12.8. The second-order valence-electron chi connectivity index (χ2n) is 8.58. The van der Waals surface area contributed by atoms with E-state index in [1.807, 2.05) is 30.6 Å². The Bertz CT molecular complexity index is 1090. The standard InChI is InChI=1S/C25H27ClN4OS/c26-22-3-1-21-16-24(4-2-20(21)15-22)32-30-14-13-29(25(31)18-30)17-19-7-11-28(12-8-19)23-5-9-27-10-6-23/h1-6,9-10,15-16,19H,7-8,11-14,17-18H2. The Morgan fingerprint density at radius 2 is 1.69 bits per heavy atom. The predicted molar refractivity (Wildman–Crippen MR) is 132 cm³/mol. The number of amides is 1. The quantitative estimate of drug-likeness (QED) is 0.497. The van der Waals surface area contributed by atoms with Crippen molar-refractivity contribution < 1.29 is 4.79 Å². The molecule has 1 amide bonds. The van der Waals surface area contributed by atoms with Crippen molar-refractivity contribution in [2.45, 2.75) is 17.7 Å². The maximum atomic E-state index is 12.8. The van der Waals surface area contributed by atoms with Crippen molar-refractivity contribution in [3.63, 3.8) is 0 Å². The molecule has 2 aromatic carbocycles. The lowest BCUT2D eigenvalue weighted by Crippen LogP contribution is -2.50. The number of anilines is 1. The molecular weight excluding hydrogens is 440 g/mol. The highest BCUT2D eigenvalue weighted by atomic mass is 35.5. The molecule has 2 fully saturated rings. The fraction of sp³-hybridized carbons (Fsp3) is 0.360. The van der Waals surface area contributed by atoms with E-state index in [4.69, 9.17) is 11.6 Å². The van der Waals surface area contributed by atoms with Crippen LogP contribution in [-0.4, -0.2) is 59.4 Å². The Kier molecular flexibility index (Phi) is 6.53. The highest BCUT2D eigenvalue weighted by Gasteiger charge is 2.28. The maximum Gasteiger partial charge on any atom is 0.237 e. The van der Waals surface area contributed by atoms with Gasteiger partial charge < -0.3 is 9.80 Å². The first kappa shape index (κ1) is 21.6. The third-order valence-electron chi connectivity index (χ3n) is 6.41. The summed E-state index contributed by atoms with van der Waals surface area (Å²) in [6.07, 6.45) is 5.97. The van der Waals surface area contributed by atoms with Gasteiger partial charge in [0.05, 0.1) is 6.54 Å². The molecule has 0 spiro atoms. The van der Waals surface area contributed by atoms with Crippen LogP contribution in [0.4, 0.5) is 5.69 Å². The fourth-order valence-electron chi connectivity index (χ4n) is 4.60. The summed E-state index contributed by atoms with van der Waals surface area (Å²) in [7, 11) is 0. The van der Waals surface area contributed by atoms with Crippen LogP contribution in [0.2, 0.25) is 5.02 Å². The Morgan fingerprint density at radius 3 is 2.47 bits per heavy atom. The average Bonchev–Trinajstić information content (AvgIpc) is 2.82. The number of fused-ring (bicyclic) bond motifs is 1. The number of piperazine rings is 1. The van der Waals surface area contributed by atoms with E-state index >= 15 is 0 Å². The summed E-state index contributed by atoms with van der Waals surface area (Å²) in [6, 6.07) is 16.5. The lowest BCUT2D eigenvalue weighted by atomic mass is 9.95. The molecule has 166 valence electrons. The van der Waals surface area contributed by atoms with Gasteiger partial charge in [-0.3, -0.25) is 9.78 Å².